The van der Waals surface area contributed by atoms with Gasteiger partial charge in [0.15, 0.2) is 5.82 Å². The molecule has 10 heteroatoms. The number of anilines is 3. The van der Waals surface area contributed by atoms with Gasteiger partial charge in [0, 0.05) is 37.3 Å². The van der Waals surface area contributed by atoms with Crippen molar-refractivity contribution in [1.82, 2.24) is 29.5 Å². The maximum atomic E-state index is 6.17. The van der Waals surface area contributed by atoms with Gasteiger partial charge in [-0.15, -0.1) is 0 Å². The Morgan fingerprint density at radius 1 is 1.03 bits per heavy atom. The highest BCUT2D eigenvalue weighted by Crippen LogP contribution is 2.39. The first-order valence-corrected chi connectivity index (χ1v) is 12.3. The molecule has 3 aromatic heterocycles. The lowest BCUT2D eigenvalue weighted by Crippen LogP contribution is -2.44. The Balaban J connectivity index is 1.13. The maximum Gasteiger partial charge on any atom is 0.226 e. The fourth-order valence-electron chi connectivity index (χ4n) is 5.11. The van der Waals surface area contributed by atoms with Gasteiger partial charge in [-0.1, -0.05) is 0 Å². The van der Waals surface area contributed by atoms with E-state index < -0.39 is 0 Å². The minimum Gasteiger partial charge on any atom is -0.457 e. The molecule has 2 saturated heterocycles. The molecule has 0 radical (unpaired) electrons. The molecule has 10 nitrogen and oxygen atoms in total. The van der Waals surface area contributed by atoms with Gasteiger partial charge in [-0.25, -0.2) is 24.9 Å². The van der Waals surface area contributed by atoms with Crippen LogP contribution in [0, 0.1) is 12.3 Å². The van der Waals surface area contributed by atoms with E-state index in [1.165, 1.54) is 6.33 Å². The fourth-order valence-corrected chi connectivity index (χ4v) is 5.11. The summed E-state index contributed by atoms with van der Waals surface area (Å²) in [7, 11) is 1.98. The molecule has 0 aliphatic carbocycles. The summed E-state index contributed by atoms with van der Waals surface area (Å²) in [6.07, 6.45) is 6.21. The average Bonchev–Trinajstić information content (AvgIpc) is 3.50. The molecule has 1 N–H and O–H groups in total. The van der Waals surface area contributed by atoms with Crippen LogP contribution in [-0.2, 0) is 11.8 Å². The van der Waals surface area contributed by atoms with Gasteiger partial charge in [-0.2, -0.15) is 0 Å². The van der Waals surface area contributed by atoms with Crippen molar-refractivity contribution in [3.8, 4) is 11.5 Å². The van der Waals surface area contributed by atoms with Crippen LogP contribution >= 0.6 is 0 Å². The second kappa shape index (κ2) is 8.38. The molecule has 2 aliphatic rings. The Kier molecular flexibility index (Phi) is 4.97. The van der Waals surface area contributed by atoms with Crippen LogP contribution in [0.4, 0.5) is 17.5 Å². The lowest BCUT2D eigenvalue weighted by Gasteiger charge is -2.37. The molecular weight excluding hydrogens is 468 g/mol. The van der Waals surface area contributed by atoms with Crippen LogP contribution in [0.2, 0.25) is 0 Å². The van der Waals surface area contributed by atoms with E-state index in [0.29, 0.717) is 22.8 Å². The number of aromatic nitrogens is 6. The smallest absolute Gasteiger partial charge is 0.226 e. The first-order valence-electron chi connectivity index (χ1n) is 12.3. The van der Waals surface area contributed by atoms with Gasteiger partial charge in [-0.05, 0) is 49.2 Å². The maximum absolute atomic E-state index is 6.17. The van der Waals surface area contributed by atoms with Crippen LogP contribution in [0.15, 0.2) is 55.2 Å². The lowest BCUT2D eigenvalue weighted by molar-refractivity contribution is -0.0985. The zero-order chi connectivity index (χ0) is 25.0. The summed E-state index contributed by atoms with van der Waals surface area (Å²) in [5, 5.41) is 3.41. The predicted molar refractivity (Wildman–Crippen MR) is 140 cm³/mol. The number of hydrogen-bond donors (Lipinski definition) is 1. The van der Waals surface area contributed by atoms with Crippen molar-refractivity contribution < 1.29 is 9.47 Å². The van der Waals surface area contributed by atoms with Gasteiger partial charge in [0.1, 0.15) is 28.9 Å². The van der Waals surface area contributed by atoms with E-state index >= 15 is 0 Å². The SMILES string of the molecule is Cc1cc(Nc2ncnc3cnc(N4CCC5(COC5)C4)nc23)ccc1Oc1ccc2c(c1)ncn2C. The third kappa shape index (κ3) is 3.89. The monoisotopic (exact) mass is 494 g/mol. The number of nitrogens with zero attached hydrogens (tertiary/aromatic N) is 7. The molecule has 0 bridgehead atoms. The van der Waals surface area contributed by atoms with E-state index in [2.05, 4.69) is 30.2 Å². The third-order valence-corrected chi connectivity index (χ3v) is 7.26. The number of imidazole rings is 1. The summed E-state index contributed by atoms with van der Waals surface area (Å²) in [4.78, 5) is 24.9. The largest absolute Gasteiger partial charge is 0.457 e. The van der Waals surface area contributed by atoms with Gasteiger partial charge in [0.2, 0.25) is 5.95 Å². The van der Waals surface area contributed by atoms with E-state index in [1.54, 1.807) is 12.5 Å². The molecule has 5 heterocycles. The lowest BCUT2D eigenvalue weighted by atomic mass is 9.85. The number of aryl methyl sites for hydroxylation is 2. The molecule has 186 valence electrons. The van der Waals surface area contributed by atoms with Gasteiger partial charge >= 0.3 is 0 Å². The summed E-state index contributed by atoms with van der Waals surface area (Å²) >= 11 is 0. The molecule has 2 fully saturated rings. The van der Waals surface area contributed by atoms with Gasteiger partial charge < -0.3 is 24.3 Å². The van der Waals surface area contributed by atoms with Crippen molar-refractivity contribution in [2.75, 3.05) is 36.5 Å². The molecule has 37 heavy (non-hydrogen) atoms. The Labute approximate surface area is 213 Å². The molecule has 0 saturated carbocycles. The number of ether oxygens (including phenoxy) is 2. The third-order valence-electron chi connectivity index (χ3n) is 7.26. The molecular formula is C27H26N8O2. The summed E-state index contributed by atoms with van der Waals surface area (Å²) in [5.41, 5.74) is 5.49. The second-order valence-corrected chi connectivity index (χ2v) is 10.0. The highest BCUT2D eigenvalue weighted by atomic mass is 16.5. The van der Waals surface area contributed by atoms with Gasteiger partial charge in [0.05, 0.1) is 36.8 Å². The standard InChI is InChI=1S/C27H26N8O2/c1-17-9-18(3-6-23(17)37-19-4-5-22-20(10-19)31-16-34(22)2)32-25-24-21(29-15-30-25)11-28-26(33-24)35-8-7-27(12-35)13-36-14-27/h3-6,9-11,15-16H,7-8,12-14H2,1-2H3,(H,29,30,32). The Morgan fingerprint density at radius 3 is 2.76 bits per heavy atom. The zero-order valence-electron chi connectivity index (χ0n) is 20.7. The van der Waals surface area contributed by atoms with Crippen molar-refractivity contribution in [1.29, 1.82) is 0 Å². The summed E-state index contributed by atoms with van der Waals surface area (Å²) in [5.74, 6) is 2.88. The molecule has 2 aliphatic heterocycles. The van der Waals surface area contributed by atoms with Crippen molar-refractivity contribution in [2.24, 2.45) is 12.5 Å². The summed E-state index contributed by atoms with van der Waals surface area (Å²) in [6.45, 7) is 5.52. The Bertz CT molecular complexity index is 1640. The topological polar surface area (TPSA) is 103 Å². The Morgan fingerprint density at radius 2 is 1.95 bits per heavy atom. The molecule has 7 rings (SSSR count). The second-order valence-electron chi connectivity index (χ2n) is 10.0. The van der Waals surface area contributed by atoms with Crippen LogP contribution in [0.3, 0.4) is 0 Å². The first kappa shape index (κ1) is 21.9. The number of rotatable bonds is 5. The molecule has 1 spiro atoms. The summed E-state index contributed by atoms with van der Waals surface area (Å²) in [6, 6.07) is 11.9. The number of hydrogen-bond acceptors (Lipinski definition) is 9. The van der Waals surface area contributed by atoms with Crippen molar-refractivity contribution >= 4 is 39.5 Å². The highest BCUT2D eigenvalue weighted by Gasteiger charge is 2.45. The first-order chi connectivity index (χ1) is 18.1. The minimum absolute atomic E-state index is 0.261. The Hall–Kier alpha value is -4.31. The van der Waals surface area contributed by atoms with E-state index in [4.69, 9.17) is 14.5 Å². The fraction of sp³-hybridized carbons (Fsp3) is 0.296. The minimum atomic E-state index is 0.261. The molecule has 5 aromatic rings. The quantitative estimate of drug-likeness (QED) is 0.381. The van der Waals surface area contributed by atoms with Crippen molar-refractivity contribution in [3.63, 3.8) is 0 Å². The highest BCUT2D eigenvalue weighted by molar-refractivity contribution is 5.87. The molecule has 2 aromatic carbocycles. The van der Waals surface area contributed by atoms with Gasteiger partial charge in [-0.3, -0.25) is 0 Å². The molecule has 0 unspecified atom stereocenters. The summed E-state index contributed by atoms with van der Waals surface area (Å²) < 4.78 is 13.6. The van der Waals surface area contributed by atoms with Gasteiger partial charge in [0.25, 0.3) is 0 Å². The predicted octanol–water partition coefficient (Wildman–Crippen LogP) is 4.38. The number of benzene rings is 2. The van der Waals surface area contributed by atoms with E-state index in [1.807, 2.05) is 54.9 Å². The van der Waals surface area contributed by atoms with Crippen molar-refractivity contribution in [3.05, 3.63) is 60.8 Å². The molecule has 0 atom stereocenters. The van der Waals surface area contributed by atoms with Crippen molar-refractivity contribution in [2.45, 2.75) is 13.3 Å². The zero-order valence-corrected chi connectivity index (χ0v) is 20.7. The average molecular weight is 495 g/mol. The van der Waals surface area contributed by atoms with Crippen LogP contribution in [0.5, 0.6) is 11.5 Å². The van der Waals surface area contributed by atoms with Crippen LogP contribution in [0.1, 0.15) is 12.0 Å². The van der Waals surface area contributed by atoms with Crippen LogP contribution in [0.25, 0.3) is 22.1 Å². The van der Waals surface area contributed by atoms with E-state index in [0.717, 1.165) is 66.5 Å². The van der Waals surface area contributed by atoms with E-state index in [-0.39, 0.29) is 5.41 Å². The van der Waals surface area contributed by atoms with Crippen LogP contribution in [-0.4, -0.2) is 55.8 Å². The number of nitrogens with one attached hydrogen (secondary N) is 1. The molecule has 0 amide bonds. The number of fused-ring (bicyclic) bond motifs is 2. The normalized spacial score (nSPS) is 16.4. The van der Waals surface area contributed by atoms with E-state index in [9.17, 15) is 0 Å². The van der Waals surface area contributed by atoms with Crippen LogP contribution < -0.4 is 15.0 Å².